The number of hydrogen-bond acceptors (Lipinski definition) is 3. The van der Waals surface area contributed by atoms with Gasteiger partial charge in [0.1, 0.15) is 5.82 Å². The van der Waals surface area contributed by atoms with Crippen molar-refractivity contribution in [1.82, 2.24) is 5.32 Å². The molecular formula is C15H20BrFN2O2. The number of nitrogens with one attached hydrogen (secondary N) is 1. The quantitative estimate of drug-likeness (QED) is 0.727. The van der Waals surface area contributed by atoms with Gasteiger partial charge >= 0.3 is 0 Å². The maximum absolute atomic E-state index is 13.3. The first-order valence-electron chi connectivity index (χ1n) is 7.05. The Balaban J connectivity index is 2.22. The molecule has 21 heavy (non-hydrogen) atoms. The highest BCUT2D eigenvalue weighted by molar-refractivity contribution is 9.10. The molecule has 1 aliphatic carbocycles. The van der Waals surface area contributed by atoms with Gasteiger partial charge in [0.2, 0.25) is 0 Å². The van der Waals surface area contributed by atoms with Crippen molar-refractivity contribution < 1.29 is 14.3 Å². The normalized spacial score (nSPS) is 25.6. The van der Waals surface area contributed by atoms with Gasteiger partial charge in [-0.3, -0.25) is 4.79 Å². The summed E-state index contributed by atoms with van der Waals surface area (Å²) in [6.45, 7) is 2.01. The topological polar surface area (TPSA) is 75.3 Å². The predicted octanol–water partition coefficient (Wildman–Crippen LogP) is 2.84. The van der Waals surface area contributed by atoms with Crippen LogP contribution in [0.25, 0.3) is 0 Å². The number of aliphatic hydroxyl groups is 1. The molecule has 4 N–H and O–H groups in total. The van der Waals surface area contributed by atoms with Crippen molar-refractivity contribution in [1.29, 1.82) is 0 Å². The smallest absolute Gasteiger partial charge is 0.253 e. The molecule has 1 amide bonds. The number of halogens is 2. The standard InChI is InChI=1S/C15H20BrFN2O2/c1-9-3-2-4-15(7-9,8-20)19-14(21)10-5-13(18)12(17)6-11(10)16/h5-6,9,20H,2-4,7-8,18H2,1H3,(H,19,21). The average molecular weight is 359 g/mol. The van der Waals surface area contributed by atoms with Gasteiger partial charge in [0.25, 0.3) is 5.91 Å². The van der Waals surface area contributed by atoms with Gasteiger partial charge in [-0.15, -0.1) is 0 Å². The second-order valence-corrected chi connectivity index (χ2v) is 6.80. The number of benzene rings is 1. The second-order valence-electron chi connectivity index (χ2n) is 5.95. The molecule has 1 aliphatic rings. The Kier molecular flexibility index (Phi) is 4.88. The molecule has 0 bridgehead atoms. The number of aliphatic hydroxyl groups excluding tert-OH is 1. The summed E-state index contributed by atoms with van der Waals surface area (Å²) in [6.07, 6.45) is 3.55. The van der Waals surface area contributed by atoms with Crippen molar-refractivity contribution in [3.05, 3.63) is 28.0 Å². The Morgan fingerprint density at radius 2 is 2.33 bits per heavy atom. The zero-order valence-electron chi connectivity index (χ0n) is 12.0. The summed E-state index contributed by atoms with van der Waals surface area (Å²) in [6, 6.07) is 2.49. The van der Waals surface area contributed by atoms with Gasteiger partial charge in [0.15, 0.2) is 0 Å². The van der Waals surface area contributed by atoms with Crippen LogP contribution in [0.15, 0.2) is 16.6 Å². The van der Waals surface area contributed by atoms with Gasteiger partial charge in [-0.05, 0) is 46.8 Å². The van der Waals surface area contributed by atoms with E-state index in [0.29, 0.717) is 10.4 Å². The molecule has 2 rings (SSSR count). The molecule has 0 radical (unpaired) electrons. The van der Waals surface area contributed by atoms with Crippen molar-refractivity contribution in [2.45, 2.75) is 38.1 Å². The van der Waals surface area contributed by atoms with Crippen molar-refractivity contribution >= 4 is 27.5 Å². The van der Waals surface area contributed by atoms with Crippen LogP contribution in [0.3, 0.4) is 0 Å². The van der Waals surface area contributed by atoms with Crippen LogP contribution >= 0.6 is 15.9 Å². The highest BCUT2D eigenvalue weighted by Crippen LogP contribution is 2.33. The van der Waals surface area contributed by atoms with Gasteiger partial charge in [-0.2, -0.15) is 0 Å². The molecule has 2 atom stereocenters. The zero-order valence-corrected chi connectivity index (χ0v) is 13.5. The SMILES string of the molecule is CC1CCCC(CO)(NC(=O)c2cc(N)c(F)cc2Br)C1. The van der Waals surface area contributed by atoms with Crippen molar-refractivity contribution in [3.8, 4) is 0 Å². The van der Waals surface area contributed by atoms with E-state index in [-0.39, 0.29) is 23.8 Å². The minimum absolute atomic E-state index is 0.0709. The molecule has 0 spiro atoms. The van der Waals surface area contributed by atoms with E-state index in [1.165, 1.54) is 12.1 Å². The molecule has 1 saturated carbocycles. The first kappa shape index (κ1) is 16.2. The summed E-state index contributed by atoms with van der Waals surface area (Å²) in [5.74, 6) is -0.466. The van der Waals surface area contributed by atoms with Crippen molar-refractivity contribution in [2.75, 3.05) is 12.3 Å². The van der Waals surface area contributed by atoms with Crippen LogP contribution in [0.2, 0.25) is 0 Å². The Bertz CT molecular complexity index is 553. The van der Waals surface area contributed by atoms with E-state index in [9.17, 15) is 14.3 Å². The fraction of sp³-hybridized carbons (Fsp3) is 0.533. The van der Waals surface area contributed by atoms with E-state index in [2.05, 4.69) is 28.2 Å². The molecule has 4 nitrogen and oxygen atoms in total. The van der Waals surface area contributed by atoms with Gasteiger partial charge in [-0.25, -0.2) is 4.39 Å². The molecule has 0 heterocycles. The van der Waals surface area contributed by atoms with E-state index in [4.69, 9.17) is 5.73 Å². The zero-order chi connectivity index (χ0) is 15.6. The third-order valence-electron chi connectivity index (χ3n) is 4.10. The predicted molar refractivity (Wildman–Crippen MR) is 83.4 cm³/mol. The first-order chi connectivity index (χ1) is 9.87. The Morgan fingerprint density at radius 1 is 1.62 bits per heavy atom. The van der Waals surface area contributed by atoms with Crippen LogP contribution in [0.1, 0.15) is 43.0 Å². The summed E-state index contributed by atoms with van der Waals surface area (Å²) >= 11 is 3.18. The minimum Gasteiger partial charge on any atom is -0.396 e. The number of nitrogens with two attached hydrogens (primary N) is 1. The minimum atomic E-state index is -0.600. The summed E-state index contributed by atoms with van der Waals surface area (Å²) in [5.41, 5.74) is 5.13. The largest absolute Gasteiger partial charge is 0.396 e. The van der Waals surface area contributed by atoms with Crippen molar-refractivity contribution in [3.63, 3.8) is 0 Å². The third-order valence-corrected chi connectivity index (χ3v) is 4.76. The van der Waals surface area contributed by atoms with E-state index < -0.39 is 11.4 Å². The van der Waals surface area contributed by atoms with Crippen molar-refractivity contribution in [2.24, 2.45) is 5.92 Å². The summed E-state index contributed by atoms with van der Waals surface area (Å²) in [4.78, 5) is 12.4. The fourth-order valence-corrected chi connectivity index (χ4v) is 3.50. The van der Waals surface area contributed by atoms with Crippen LogP contribution in [-0.4, -0.2) is 23.2 Å². The van der Waals surface area contributed by atoms with Crippen LogP contribution in [0.4, 0.5) is 10.1 Å². The number of amides is 1. The number of carbonyl (C=O) groups excluding carboxylic acids is 1. The number of carbonyl (C=O) groups is 1. The number of hydrogen-bond donors (Lipinski definition) is 3. The molecule has 1 aromatic carbocycles. The van der Waals surface area contributed by atoms with Crippen LogP contribution in [0, 0.1) is 11.7 Å². The molecular weight excluding hydrogens is 339 g/mol. The molecule has 0 aliphatic heterocycles. The number of rotatable bonds is 3. The Hall–Kier alpha value is -1.14. The van der Waals surface area contributed by atoms with Crippen LogP contribution < -0.4 is 11.1 Å². The maximum Gasteiger partial charge on any atom is 0.253 e. The van der Waals surface area contributed by atoms with Gasteiger partial charge < -0.3 is 16.2 Å². The number of anilines is 1. The molecule has 0 aromatic heterocycles. The lowest BCUT2D eigenvalue weighted by Crippen LogP contribution is -2.53. The van der Waals surface area contributed by atoms with Gasteiger partial charge in [-0.1, -0.05) is 19.8 Å². The molecule has 0 saturated heterocycles. The van der Waals surface area contributed by atoms with E-state index in [1.54, 1.807) is 0 Å². The van der Waals surface area contributed by atoms with Gasteiger partial charge in [0, 0.05) is 4.47 Å². The maximum atomic E-state index is 13.3. The molecule has 1 fully saturated rings. The number of nitrogen functional groups attached to an aromatic ring is 1. The van der Waals surface area contributed by atoms with E-state index in [0.717, 1.165) is 25.7 Å². The Morgan fingerprint density at radius 3 is 2.95 bits per heavy atom. The fourth-order valence-electron chi connectivity index (χ4n) is 3.00. The summed E-state index contributed by atoms with van der Waals surface area (Å²) in [5, 5.41) is 12.6. The lowest BCUT2D eigenvalue weighted by atomic mass is 9.76. The van der Waals surface area contributed by atoms with E-state index in [1.807, 2.05) is 0 Å². The Labute approximate surface area is 132 Å². The van der Waals surface area contributed by atoms with Crippen LogP contribution in [0.5, 0.6) is 0 Å². The lowest BCUT2D eigenvalue weighted by Gasteiger charge is -2.39. The van der Waals surface area contributed by atoms with Gasteiger partial charge in [0.05, 0.1) is 23.4 Å². The monoisotopic (exact) mass is 358 g/mol. The molecule has 116 valence electrons. The highest BCUT2D eigenvalue weighted by atomic mass is 79.9. The summed E-state index contributed by atoms with van der Waals surface area (Å²) in [7, 11) is 0. The molecule has 6 heteroatoms. The average Bonchev–Trinajstić information content (AvgIpc) is 2.42. The van der Waals surface area contributed by atoms with E-state index >= 15 is 0 Å². The third kappa shape index (κ3) is 3.55. The molecule has 1 aromatic rings. The summed E-state index contributed by atoms with van der Waals surface area (Å²) < 4.78 is 13.7. The molecule has 2 unspecified atom stereocenters. The first-order valence-corrected chi connectivity index (χ1v) is 7.84. The van der Waals surface area contributed by atoms with Crippen LogP contribution in [-0.2, 0) is 0 Å². The highest BCUT2D eigenvalue weighted by Gasteiger charge is 2.36. The lowest BCUT2D eigenvalue weighted by molar-refractivity contribution is 0.0696. The second kappa shape index (κ2) is 6.32.